The number of likely N-dealkylation sites (tertiary alicyclic amines) is 1. The zero-order valence-electron chi connectivity index (χ0n) is 10.6. The summed E-state index contributed by atoms with van der Waals surface area (Å²) >= 11 is 3.42. The van der Waals surface area contributed by atoms with Crippen molar-refractivity contribution in [2.75, 3.05) is 13.1 Å². The third kappa shape index (κ3) is 3.08. The number of carbonyl (C=O) groups is 1. The fourth-order valence-electron chi connectivity index (χ4n) is 2.18. The van der Waals surface area contributed by atoms with E-state index in [0.29, 0.717) is 6.54 Å². The minimum absolute atomic E-state index is 0. The summed E-state index contributed by atoms with van der Waals surface area (Å²) in [6, 6.07) is 2.29. The van der Waals surface area contributed by atoms with Crippen LogP contribution in [-0.2, 0) is 0 Å². The quantitative estimate of drug-likeness (QED) is 0.902. The number of carbonyl (C=O) groups excluding carboxylic acids is 1. The molecule has 18 heavy (non-hydrogen) atoms. The van der Waals surface area contributed by atoms with Gasteiger partial charge in [-0.2, -0.15) is 0 Å². The van der Waals surface area contributed by atoms with Gasteiger partial charge in [0.05, 0.1) is 0 Å². The van der Waals surface area contributed by atoms with Crippen LogP contribution in [0.4, 0.5) is 0 Å². The minimum atomic E-state index is 0. The Morgan fingerprint density at radius 3 is 2.72 bits per heavy atom. The number of hydrogen-bond donors (Lipinski definition) is 1. The highest BCUT2D eigenvalue weighted by molar-refractivity contribution is 9.10. The molecular formula is C12H19BrClN3O. The van der Waals surface area contributed by atoms with Crippen LogP contribution in [0.2, 0.25) is 0 Å². The second kappa shape index (κ2) is 6.08. The highest BCUT2D eigenvalue weighted by atomic mass is 79.9. The van der Waals surface area contributed by atoms with Crippen molar-refractivity contribution in [3.63, 3.8) is 0 Å². The standard InChI is InChI=1S/C12H18BrN3O.ClH/c1-8(2)16-6-9(13)5-11(16)12(17)15-4-3-10(14)7-15;/h5-6,8,10H,3-4,7,14H2,1-2H3;1H/t10-;/m1./s1. The maximum absolute atomic E-state index is 12.4. The Kier molecular flexibility index (Phi) is 5.25. The summed E-state index contributed by atoms with van der Waals surface area (Å²) in [6.07, 6.45) is 2.85. The van der Waals surface area contributed by atoms with Crippen molar-refractivity contribution in [3.05, 3.63) is 22.4 Å². The molecule has 0 spiro atoms. The number of nitrogens with two attached hydrogens (primary N) is 1. The molecule has 0 saturated carbocycles. The van der Waals surface area contributed by atoms with Crippen LogP contribution in [0.3, 0.4) is 0 Å². The van der Waals surface area contributed by atoms with E-state index in [-0.39, 0.29) is 30.4 Å². The minimum Gasteiger partial charge on any atom is -0.340 e. The molecule has 0 aromatic carbocycles. The van der Waals surface area contributed by atoms with Crippen molar-refractivity contribution in [2.24, 2.45) is 5.73 Å². The normalized spacial score (nSPS) is 19.2. The van der Waals surface area contributed by atoms with Crippen molar-refractivity contribution in [1.29, 1.82) is 0 Å². The monoisotopic (exact) mass is 335 g/mol. The largest absolute Gasteiger partial charge is 0.340 e. The molecule has 0 aliphatic carbocycles. The first-order valence-corrected chi connectivity index (χ1v) is 6.70. The second-order valence-corrected chi connectivity index (χ2v) is 5.76. The lowest BCUT2D eigenvalue weighted by Gasteiger charge is -2.18. The van der Waals surface area contributed by atoms with Crippen molar-refractivity contribution in [3.8, 4) is 0 Å². The van der Waals surface area contributed by atoms with Crippen LogP contribution in [0.25, 0.3) is 0 Å². The first-order chi connectivity index (χ1) is 7.99. The van der Waals surface area contributed by atoms with Gasteiger partial charge >= 0.3 is 0 Å². The highest BCUT2D eigenvalue weighted by Gasteiger charge is 2.27. The van der Waals surface area contributed by atoms with Gasteiger partial charge in [-0.15, -0.1) is 12.4 Å². The number of rotatable bonds is 2. The summed E-state index contributed by atoms with van der Waals surface area (Å²) in [7, 11) is 0. The Morgan fingerprint density at radius 1 is 1.56 bits per heavy atom. The van der Waals surface area contributed by atoms with Crippen molar-refractivity contribution < 1.29 is 4.79 Å². The Morgan fingerprint density at radius 2 is 2.22 bits per heavy atom. The van der Waals surface area contributed by atoms with Crippen molar-refractivity contribution in [1.82, 2.24) is 9.47 Å². The van der Waals surface area contributed by atoms with Crippen molar-refractivity contribution in [2.45, 2.75) is 32.4 Å². The summed E-state index contributed by atoms with van der Waals surface area (Å²) in [5.74, 6) is 0.0809. The zero-order chi connectivity index (χ0) is 12.6. The third-order valence-electron chi connectivity index (χ3n) is 3.10. The smallest absolute Gasteiger partial charge is 0.270 e. The fourth-order valence-corrected chi connectivity index (χ4v) is 2.62. The molecule has 2 N–H and O–H groups in total. The summed E-state index contributed by atoms with van der Waals surface area (Å²) in [4.78, 5) is 14.2. The van der Waals surface area contributed by atoms with E-state index in [4.69, 9.17) is 5.73 Å². The highest BCUT2D eigenvalue weighted by Crippen LogP contribution is 2.22. The van der Waals surface area contributed by atoms with E-state index in [2.05, 4.69) is 29.8 Å². The Labute approximate surface area is 122 Å². The van der Waals surface area contributed by atoms with E-state index in [1.807, 2.05) is 21.7 Å². The molecule has 1 atom stereocenters. The van der Waals surface area contributed by atoms with Crippen molar-refractivity contribution >= 4 is 34.2 Å². The molecule has 1 aliphatic rings. The van der Waals surface area contributed by atoms with Crippen LogP contribution in [0.15, 0.2) is 16.7 Å². The maximum Gasteiger partial charge on any atom is 0.270 e. The van der Waals surface area contributed by atoms with Gasteiger partial charge in [-0.1, -0.05) is 0 Å². The van der Waals surface area contributed by atoms with Gasteiger partial charge in [0, 0.05) is 35.8 Å². The molecule has 1 aromatic heterocycles. The average molecular weight is 337 g/mol. The number of halogens is 2. The van der Waals surface area contributed by atoms with Gasteiger partial charge < -0.3 is 15.2 Å². The van der Waals surface area contributed by atoms with E-state index < -0.39 is 0 Å². The van der Waals surface area contributed by atoms with Gasteiger partial charge in [0.25, 0.3) is 5.91 Å². The molecule has 4 nitrogen and oxygen atoms in total. The van der Waals surface area contributed by atoms with Gasteiger partial charge in [0.1, 0.15) is 5.69 Å². The molecule has 0 bridgehead atoms. The predicted octanol–water partition coefficient (Wildman–Crippen LogP) is 2.43. The summed E-state index contributed by atoms with van der Waals surface area (Å²) in [6.45, 7) is 5.57. The summed E-state index contributed by atoms with van der Waals surface area (Å²) in [5.41, 5.74) is 6.57. The van der Waals surface area contributed by atoms with Crippen LogP contribution in [0.5, 0.6) is 0 Å². The molecule has 1 aromatic rings. The van der Waals surface area contributed by atoms with E-state index in [9.17, 15) is 4.79 Å². The molecule has 1 fully saturated rings. The lowest BCUT2D eigenvalue weighted by molar-refractivity contribution is 0.0778. The van der Waals surface area contributed by atoms with Crippen LogP contribution in [0, 0.1) is 0 Å². The third-order valence-corrected chi connectivity index (χ3v) is 3.54. The molecule has 2 rings (SSSR count). The van der Waals surface area contributed by atoms with Crippen LogP contribution >= 0.6 is 28.3 Å². The lowest BCUT2D eigenvalue weighted by Crippen LogP contribution is -2.33. The molecule has 1 saturated heterocycles. The predicted molar refractivity (Wildman–Crippen MR) is 78.3 cm³/mol. The lowest BCUT2D eigenvalue weighted by atomic mass is 10.3. The topological polar surface area (TPSA) is 51.3 Å². The van der Waals surface area contributed by atoms with E-state index in [1.54, 1.807) is 0 Å². The van der Waals surface area contributed by atoms with E-state index >= 15 is 0 Å². The van der Waals surface area contributed by atoms with Crippen LogP contribution < -0.4 is 5.73 Å². The molecule has 0 radical (unpaired) electrons. The number of hydrogen-bond acceptors (Lipinski definition) is 2. The number of amides is 1. The van der Waals surface area contributed by atoms with Crippen LogP contribution in [-0.4, -0.2) is 34.5 Å². The molecule has 6 heteroatoms. The molecule has 1 amide bonds. The fraction of sp³-hybridized carbons (Fsp3) is 0.583. The van der Waals surface area contributed by atoms with Crippen LogP contribution in [0.1, 0.15) is 36.8 Å². The summed E-state index contributed by atoms with van der Waals surface area (Å²) < 4.78 is 2.94. The van der Waals surface area contributed by atoms with Gasteiger partial charge in [0.15, 0.2) is 0 Å². The van der Waals surface area contributed by atoms with Gasteiger partial charge in [0.2, 0.25) is 0 Å². The SMILES string of the molecule is CC(C)n1cc(Br)cc1C(=O)N1CC[C@@H](N)C1.Cl. The second-order valence-electron chi connectivity index (χ2n) is 4.84. The number of aromatic nitrogens is 1. The Hall–Kier alpha value is -0.520. The zero-order valence-corrected chi connectivity index (χ0v) is 13.0. The van der Waals surface area contributed by atoms with Gasteiger partial charge in [-0.05, 0) is 42.3 Å². The summed E-state index contributed by atoms with van der Waals surface area (Å²) in [5, 5.41) is 0. The molecule has 0 unspecified atom stereocenters. The maximum atomic E-state index is 12.4. The van der Waals surface area contributed by atoms with E-state index in [0.717, 1.165) is 23.1 Å². The molecule has 102 valence electrons. The molecular weight excluding hydrogens is 318 g/mol. The average Bonchev–Trinajstić information content (AvgIpc) is 2.83. The number of nitrogens with zero attached hydrogens (tertiary/aromatic N) is 2. The van der Waals surface area contributed by atoms with Gasteiger partial charge in [-0.25, -0.2) is 0 Å². The molecule has 1 aliphatic heterocycles. The molecule has 2 heterocycles. The first-order valence-electron chi connectivity index (χ1n) is 5.91. The van der Waals surface area contributed by atoms with E-state index in [1.165, 1.54) is 0 Å². The van der Waals surface area contributed by atoms with Gasteiger partial charge in [-0.3, -0.25) is 4.79 Å². The Bertz CT molecular complexity index is 433. The first kappa shape index (κ1) is 15.5. The Balaban J connectivity index is 0.00000162.